The van der Waals surface area contributed by atoms with Gasteiger partial charge in [-0.3, -0.25) is 0 Å². The normalized spacial score (nSPS) is 17.3. The van der Waals surface area contributed by atoms with Crippen molar-refractivity contribution < 1.29 is 0 Å². The minimum Gasteiger partial charge on any atom is -0.399 e. The smallest absolute Gasteiger partial charge is 0.0963 e. The number of thiazole rings is 1. The molecule has 1 aliphatic rings. The van der Waals surface area contributed by atoms with Gasteiger partial charge in [-0.1, -0.05) is 37.8 Å². The second-order valence-corrected chi connectivity index (χ2v) is 6.27. The molecule has 2 aromatic rings. The second-order valence-electron chi connectivity index (χ2n) is 5.38. The van der Waals surface area contributed by atoms with Crippen LogP contribution in [0.25, 0.3) is 11.3 Å². The molecule has 0 aliphatic heterocycles. The summed E-state index contributed by atoms with van der Waals surface area (Å²) in [5.74, 6) is 0.683. The first kappa shape index (κ1) is 12.7. The summed E-state index contributed by atoms with van der Waals surface area (Å²) in [5, 5.41) is 3.49. The third-order valence-electron chi connectivity index (χ3n) is 3.91. The van der Waals surface area contributed by atoms with Crippen molar-refractivity contribution in [2.45, 2.75) is 44.4 Å². The van der Waals surface area contributed by atoms with Crippen molar-refractivity contribution in [3.63, 3.8) is 0 Å². The van der Waals surface area contributed by atoms with E-state index in [0.29, 0.717) is 5.92 Å². The Balaban J connectivity index is 1.82. The maximum Gasteiger partial charge on any atom is 0.0963 e. The van der Waals surface area contributed by atoms with E-state index in [1.807, 2.05) is 29.5 Å². The van der Waals surface area contributed by atoms with Gasteiger partial charge in [0.25, 0.3) is 0 Å². The molecule has 1 fully saturated rings. The maximum atomic E-state index is 5.84. The van der Waals surface area contributed by atoms with E-state index in [0.717, 1.165) is 16.9 Å². The van der Waals surface area contributed by atoms with E-state index in [-0.39, 0.29) is 0 Å². The molecule has 0 amide bonds. The van der Waals surface area contributed by atoms with E-state index in [1.165, 1.54) is 43.5 Å². The Morgan fingerprint density at radius 2 is 1.89 bits per heavy atom. The number of hydrogen-bond acceptors (Lipinski definition) is 3. The van der Waals surface area contributed by atoms with Crippen LogP contribution in [0, 0.1) is 0 Å². The lowest BCUT2D eigenvalue weighted by molar-refractivity contribution is 0.589. The molecule has 0 unspecified atom stereocenters. The third-order valence-corrected chi connectivity index (χ3v) is 4.92. The molecule has 0 bridgehead atoms. The van der Waals surface area contributed by atoms with Crippen molar-refractivity contribution in [3.8, 4) is 11.3 Å². The van der Waals surface area contributed by atoms with Gasteiger partial charge in [-0.05, 0) is 25.0 Å². The summed E-state index contributed by atoms with van der Waals surface area (Å²) in [7, 11) is 0. The van der Waals surface area contributed by atoms with E-state index in [1.54, 1.807) is 0 Å². The van der Waals surface area contributed by atoms with E-state index < -0.39 is 0 Å². The minimum absolute atomic E-state index is 0.683. The molecule has 0 atom stereocenters. The van der Waals surface area contributed by atoms with Crippen molar-refractivity contribution in [2.75, 3.05) is 5.73 Å². The molecule has 2 nitrogen and oxygen atoms in total. The molecule has 1 aromatic heterocycles. The SMILES string of the molecule is Nc1cccc(-c2csc(C3CCCCCC3)n2)c1. The predicted octanol–water partition coefficient (Wildman–Crippen LogP) is 4.83. The first-order valence-electron chi connectivity index (χ1n) is 7.14. The summed E-state index contributed by atoms with van der Waals surface area (Å²) < 4.78 is 0. The molecule has 1 aliphatic carbocycles. The first-order valence-corrected chi connectivity index (χ1v) is 8.02. The van der Waals surface area contributed by atoms with Gasteiger partial charge in [0.1, 0.15) is 0 Å². The molecule has 1 saturated carbocycles. The molecule has 0 spiro atoms. The number of anilines is 1. The van der Waals surface area contributed by atoms with Crippen LogP contribution in [-0.4, -0.2) is 4.98 Å². The van der Waals surface area contributed by atoms with Crippen LogP contribution < -0.4 is 5.73 Å². The maximum absolute atomic E-state index is 5.84. The minimum atomic E-state index is 0.683. The zero-order valence-electron chi connectivity index (χ0n) is 11.1. The monoisotopic (exact) mass is 272 g/mol. The van der Waals surface area contributed by atoms with Crippen LogP contribution in [0.4, 0.5) is 5.69 Å². The first-order chi connectivity index (χ1) is 9.33. The van der Waals surface area contributed by atoms with Crippen LogP contribution in [-0.2, 0) is 0 Å². The molecule has 19 heavy (non-hydrogen) atoms. The number of aromatic nitrogens is 1. The van der Waals surface area contributed by atoms with Crippen molar-refractivity contribution in [3.05, 3.63) is 34.7 Å². The lowest BCUT2D eigenvalue weighted by Crippen LogP contribution is -1.96. The zero-order chi connectivity index (χ0) is 13.1. The van der Waals surface area contributed by atoms with Crippen molar-refractivity contribution in [2.24, 2.45) is 0 Å². The van der Waals surface area contributed by atoms with Crippen LogP contribution in [0.1, 0.15) is 49.5 Å². The predicted molar refractivity (Wildman–Crippen MR) is 82.4 cm³/mol. The third kappa shape index (κ3) is 2.98. The fourth-order valence-electron chi connectivity index (χ4n) is 2.83. The van der Waals surface area contributed by atoms with Gasteiger partial charge >= 0.3 is 0 Å². The quantitative estimate of drug-likeness (QED) is 0.628. The Kier molecular flexibility index (Phi) is 3.83. The van der Waals surface area contributed by atoms with E-state index in [2.05, 4.69) is 11.4 Å². The highest BCUT2D eigenvalue weighted by Crippen LogP contribution is 2.35. The summed E-state index contributed by atoms with van der Waals surface area (Å²) in [6, 6.07) is 8.01. The van der Waals surface area contributed by atoms with E-state index >= 15 is 0 Å². The van der Waals surface area contributed by atoms with Crippen LogP contribution in [0.15, 0.2) is 29.6 Å². The zero-order valence-corrected chi connectivity index (χ0v) is 12.0. The van der Waals surface area contributed by atoms with Gasteiger partial charge in [0.05, 0.1) is 10.7 Å². The number of nitrogen functional groups attached to an aromatic ring is 1. The van der Waals surface area contributed by atoms with Gasteiger partial charge in [-0.2, -0.15) is 0 Å². The van der Waals surface area contributed by atoms with Gasteiger partial charge in [-0.15, -0.1) is 11.3 Å². The number of rotatable bonds is 2. The molecular formula is C16H20N2S. The fourth-order valence-corrected chi connectivity index (χ4v) is 3.83. The van der Waals surface area contributed by atoms with Gasteiger partial charge < -0.3 is 5.73 Å². The van der Waals surface area contributed by atoms with Crippen LogP contribution in [0.2, 0.25) is 0 Å². The molecule has 1 aromatic carbocycles. The molecule has 0 radical (unpaired) electrons. The highest BCUT2D eigenvalue weighted by Gasteiger charge is 2.18. The summed E-state index contributed by atoms with van der Waals surface area (Å²) in [6.07, 6.45) is 8.12. The highest BCUT2D eigenvalue weighted by molar-refractivity contribution is 7.10. The number of benzene rings is 1. The second kappa shape index (κ2) is 5.74. The summed E-state index contributed by atoms with van der Waals surface area (Å²) in [4.78, 5) is 4.85. The largest absolute Gasteiger partial charge is 0.399 e. The summed E-state index contributed by atoms with van der Waals surface area (Å²) in [6.45, 7) is 0. The Morgan fingerprint density at radius 3 is 2.63 bits per heavy atom. The molecule has 2 N–H and O–H groups in total. The number of hydrogen-bond donors (Lipinski definition) is 1. The van der Waals surface area contributed by atoms with E-state index in [9.17, 15) is 0 Å². The van der Waals surface area contributed by atoms with Crippen molar-refractivity contribution in [1.29, 1.82) is 0 Å². The van der Waals surface area contributed by atoms with Gasteiger partial charge in [0.2, 0.25) is 0 Å². The molecule has 100 valence electrons. The molecule has 3 heteroatoms. The van der Waals surface area contributed by atoms with Crippen molar-refractivity contribution >= 4 is 17.0 Å². The number of nitrogens with two attached hydrogens (primary N) is 1. The Morgan fingerprint density at radius 1 is 1.11 bits per heavy atom. The van der Waals surface area contributed by atoms with Crippen molar-refractivity contribution in [1.82, 2.24) is 4.98 Å². The molecular weight excluding hydrogens is 252 g/mol. The summed E-state index contributed by atoms with van der Waals surface area (Å²) in [5.41, 5.74) is 8.86. The van der Waals surface area contributed by atoms with E-state index in [4.69, 9.17) is 10.7 Å². The standard InChI is InChI=1S/C16H20N2S/c17-14-9-5-8-13(10-14)15-11-19-16(18-15)12-6-3-1-2-4-7-12/h5,8-12H,1-4,6-7,17H2. The van der Waals surface area contributed by atoms with Crippen LogP contribution >= 0.6 is 11.3 Å². The Labute approximate surface area is 118 Å². The van der Waals surface area contributed by atoms with Gasteiger partial charge in [-0.25, -0.2) is 4.98 Å². The number of nitrogens with zero attached hydrogens (tertiary/aromatic N) is 1. The lowest BCUT2D eigenvalue weighted by Gasteiger charge is -2.09. The Bertz CT molecular complexity index is 539. The van der Waals surface area contributed by atoms with Crippen LogP contribution in [0.5, 0.6) is 0 Å². The van der Waals surface area contributed by atoms with Gasteiger partial charge in [0.15, 0.2) is 0 Å². The molecule has 0 saturated heterocycles. The lowest BCUT2D eigenvalue weighted by atomic mass is 10.0. The highest BCUT2D eigenvalue weighted by atomic mass is 32.1. The Hall–Kier alpha value is -1.35. The average molecular weight is 272 g/mol. The molecule has 3 rings (SSSR count). The molecule has 1 heterocycles. The van der Waals surface area contributed by atoms with Gasteiger partial charge in [0, 0.05) is 22.5 Å². The average Bonchev–Trinajstić information content (AvgIpc) is 2.75. The summed E-state index contributed by atoms with van der Waals surface area (Å²) >= 11 is 1.81. The fraction of sp³-hybridized carbons (Fsp3) is 0.438. The van der Waals surface area contributed by atoms with Crippen LogP contribution in [0.3, 0.4) is 0 Å². The topological polar surface area (TPSA) is 38.9 Å².